The molecule has 0 aromatic heterocycles. The molecule has 0 saturated carbocycles. The molecule has 1 nitrogen and oxygen atoms in total. The van der Waals surface area contributed by atoms with E-state index < -0.39 is 48.4 Å². The molecule has 0 bridgehead atoms. The minimum atomic E-state index is -4.74. The lowest BCUT2D eigenvalue weighted by molar-refractivity contribution is -0.138. The minimum Gasteiger partial charge on any atom is -0.543 e. The van der Waals surface area contributed by atoms with Gasteiger partial charge in [-0.1, -0.05) is 63.2 Å². The smallest absolute Gasteiger partial charge is 0.416 e. The van der Waals surface area contributed by atoms with E-state index in [0.29, 0.717) is 16.7 Å². The number of rotatable bonds is 8. The molecule has 45 heavy (non-hydrogen) atoms. The zero-order valence-electron chi connectivity index (χ0n) is 25.8. The Bertz CT molecular complexity index is 1620. The second-order valence-corrected chi connectivity index (χ2v) is 18.6. The van der Waals surface area contributed by atoms with Crippen LogP contribution < -0.4 is 4.43 Å². The van der Waals surface area contributed by atoms with Gasteiger partial charge in [-0.3, -0.25) is 0 Å². The van der Waals surface area contributed by atoms with Gasteiger partial charge in [0.05, 0.1) is 11.1 Å². The highest BCUT2D eigenvalue weighted by molar-refractivity contribution is 7.99. The van der Waals surface area contributed by atoms with Gasteiger partial charge in [0, 0.05) is 15.7 Å². The predicted octanol–water partition coefficient (Wildman–Crippen LogP) is 12.3. The van der Waals surface area contributed by atoms with Gasteiger partial charge in [-0.2, -0.15) is 26.3 Å². The fraction of sp³-hybridized carbons (Fsp3) is 0.314. The van der Waals surface area contributed by atoms with E-state index >= 15 is 0 Å². The highest BCUT2D eigenvalue weighted by Crippen LogP contribution is 2.44. The second-order valence-electron chi connectivity index (χ2n) is 12.6. The van der Waals surface area contributed by atoms with E-state index in [2.05, 4.69) is 33.9 Å². The van der Waals surface area contributed by atoms with Crippen molar-refractivity contribution in [2.75, 3.05) is 0 Å². The molecule has 0 aliphatic rings. The summed E-state index contributed by atoms with van der Waals surface area (Å²) in [5.74, 6) is -0.192. The summed E-state index contributed by atoms with van der Waals surface area (Å²) in [6, 6.07) is 20.2. The summed E-state index contributed by atoms with van der Waals surface area (Å²) in [5.41, 5.74) is 0.504. The molecule has 0 amide bonds. The van der Waals surface area contributed by atoms with Gasteiger partial charge in [-0.25, -0.2) is 4.39 Å². The molecule has 0 spiro atoms. The Labute approximate surface area is 265 Å². The van der Waals surface area contributed by atoms with Crippen LogP contribution >= 0.6 is 11.8 Å². The molecule has 10 heteroatoms. The summed E-state index contributed by atoms with van der Waals surface area (Å²) in [7, 11) is -2.12. The number of aryl methyl sites for hydroxylation is 1. The zero-order chi connectivity index (χ0) is 33.4. The lowest BCUT2D eigenvalue weighted by atomic mass is 9.96. The average Bonchev–Trinajstić information content (AvgIpc) is 2.93. The predicted molar refractivity (Wildman–Crippen MR) is 170 cm³/mol. The highest BCUT2D eigenvalue weighted by atomic mass is 32.2. The van der Waals surface area contributed by atoms with E-state index in [1.165, 1.54) is 23.9 Å². The third-order valence-corrected chi connectivity index (χ3v) is 13.8. The molecule has 0 fully saturated rings. The summed E-state index contributed by atoms with van der Waals surface area (Å²) in [4.78, 5) is 0.775. The Balaban J connectivity index is 1.69. The van der Waals surface area contributed by atoms with Crippen LogP contribution in [0.3, 0.4) is 0 Å². The van der Waals surface area contributed by atoms with Crippen LogP contribution in [0.1, 0.15) is 53.8 Å². The maximum absolute atomic E-state index is 15.0. The van der Waals surface area contributed by atoms with Crippen LogP contribution in [-0.4, -0.2) is 8.32 Å². The van der Waals surface area contributed by atoms with Gasteiger partial charge in [0.2, 0.25) is 8.32 Å². The summed E-state index contributed by atoms with van der Waals surface area (Å²) >= 11 is 1.31. The quantitative estimate of drug-likeness (QED) is 0.105. The van der Waals surface area contributed by atoms with Crippen LogP contribution in [0.25, 0.3) is 11.1 Å². The second kappa shape index (κ2) is 12.9. The van der Waals surface area contributed by atoms with E-state index in [1.807, 2.05) is 25.1 Å². The first-order valence-corrected chi connectivity index (χ1v) is 18.1. The summed E-state index contributed by atoms with van der Waals surface area (Å²) in [6.45, 7) is 12.6. The lowest BCUT2D eigenvalue weighted by Gasteiger charge is -2.37. The summed E-state index contributed by atoms with van der Waals surface area (Å²) in [5, 5.41) is -0.628. The monoisotopic (exact) mass is 664 g/mol. The van der Waals surface area contributed by atoms with Crippen molar-refractivity contribution in [1.29, 1.82) is 0 Å². The van der Waals surface area contributed by atoms with E-state index in [4.69, 9.17) is 4.43 Å². The van der Waals surface area contributed by atoms with Gasteiger partial charge in [0.15, 0.2) is 0 Å². The van der Waals surface area contributed by atoms with E-state index in [0.717, 1.165) is 46.5 Å². The van der Waals surface area contributed by atoms with Crippen molar-refractivity contribution < 1.29 is 35.2 Å². The zero-order valence-corrected chi connectivity index (χ0v) is 27.6. The fourth-order valence-corrected chi connectivity index (χ4v) is 6.94. The number of hydrogen-bond acceptors (Lipinski definition) is 2. The molecule has 0 heterocycles. The Kier molecular flexibility index (Phi) is 9.90. The van der Waals surface area contributed by atoms with Crippen LogP contribution in [0.4, 0.5) is 30.7 Å². The van der Waals surface area contributed by atoms with Crippen molar-refractivity contribution in [2.24, 2.45) is 0 Å². The van der Waals surface area contributed by atoms with Crippen LogP contribution in [0.5, 0.6) is 5.75 Å². The van der Waals surface area contributed by atoms with Crippen molar-refractivity contribution >= 4 is 20.1 Å². The topological polar surface area (TPSA) is 9.23 Å². The van der Waals surface area contributed by atoms with Crippen LogP contribution in [-0.2, 0) is 18.8 Å². The van der Waals surface area contributed by atoms with Gasteiger partial charge in [-0.15, -0.1) is 11.8 Å². The molecule has 4 aromatic carbocycles. The van der Waals surface area contributed by atoms with Crippen LogP contribution in [0, 0.1) is 12.7 Å². The van der Waals surface area contributed by atoms with Gasteiger partial charge in [0.25, 0.3) is 0 Å². The largest absolute Gasteiger partial charge is 0.543 e. The molecule has 0 aliphatic carbocycles. The minimum absolute atomic E-state index is 0.0135. The Morgan fingerprint density at radius 1 is 0.756 bits per heavy atom. The van der Waals surface area contributed by atoms with Crippen LogP contribution in [0.2, 0.25) is 18.1 Å². The molecule has 0 saturated heterocycles. The van der Waals surface area contributed by atoms with Crippen molar-refractivity contribution in [2.45, 2.75) is 74.7 Å². The van der Waals surface area contributed by atoms with E-state index in [1.54, 1.807) is 24.3 Å². The maximum atomic E-state index is 15.0. The van der Waals surface area contributed by atoms with E-state index in [9.17, 15) is 30.7 Å². The standard InChI is InChI=1S/C35H35F7OSSi/c1-22-20-27(18-19-31(22)43-45(5,6)33(2,3)4)44-32(21-28-29(35(40,41)42)8-7-9-30(28)36)25-12-10-23(11-13-25)24-14-16-26(17-15-24)34(37,38)39/h7-20,32H,21H2,1-6H3. The third kappa shape index (κ3) is 8.32. The maximum Gasteiger partial charge on any atom is 0.416 e. The van der Waals surface area contributed by atoms with Crippen molar-refractivity contribution in [3.05, 3.63) is 119 Å². The molecule has 0 radical (unpaired) electrons. The lowest BCUT2D eigenvalue weighted by Crippen LogP contribution is -2.44. The molecule has 240 valence electrons. The molecule has 0 aliphatic heterocycles. The van der Waals surface area contributed by atoms with Gasteiger partial charge >= 0.3 is 12.4 Å². The highest BCUT2D eigenvalue weighted by Gasteiger charge is 2.39. The van der Waals surface area contributed by atoms with Crippen molar-refractivity contribution in [3.63, 3.8) is 0 Å². The van der Waals surface area contributed by atoms with Crippen molar-refractivity contribution in [1.82, 2.24) is 0 Å². The Morgan fingerprint density at radius 3 is 1.84 bits per heavy atom. The molecule has 1 atom stereocenters. The van der Waals surface area contributed by atoms with E-state index in [-0.39, 0.29) is 11.5 Å². The number of hydrogen-bond donors (Lipinski definition) is 0. The summed E-state index contributed by atoms with van der Waals surface area (Å²) in [6.07, 6.45) is -9.44. The van der Waals surface area contributed by atoms with Gasteiger partial charge in [0.1, 0.15) is 11.6 Å². The van der Waals surface area contributed by atoms with Gasteiger partial charge < -0.3 is 4.43 Å². The first kappa shape index (κ1) is 34.6. The molecular weight excluding hydrogens is 630 g/mol. The molecular formula is C35H35F7OSSi. The first-order chi connectivity index (χ1) is 20.8. The number of halogens is 7. The van der Waals surface area contributed by atoms with Gasteiger partial charge in [-0.05, 0) is 96.2 Å². The molecule has 0 N–H and O–H groups in total. The van der Waals surface area contributed by atoms with Crippen molar-refractivity contribution in [3.8, 4) is 16.9 Å². The third-order valence-electron chi connectivity index (χ3n) is 8.24. The average molecular weight is 665 g/mol. The number of thioether (sulfide) groups is 1. The van der Waals surface area contributed by atoms with Crippen LogP contribution in [0.15, 0.2) is 89.8 Å². The first-order valence-electron chi connectivity index (χ1n) is 14.3. The molecule has 1 unspecified atom stereocenters. The number of benzene rings is 4. The Morgan fingerprint density at radius 2 is 1.33 bits per heavy atom. The molecule has 4 rings (SSSR count). The normalized spacial score (nSPS) is 13.5. The SMILES string of the molecule is Cc1cc(SC(Cc2c(F)cccc2C(F)(F)F)c2ccc(-c3ccc(C(F)(F)F)cc3)cc2)ccc1O[Si](C)(C)C(C)(C)C. The number of alkyl halides is 6. The fourth-order valence-electron chi connectivity index (χ4n) is 4.59. The molecule has 4 aromatic rings. The Hall–Kier alpha value is -3.24. The summed E-state index contributed by atoms with van der Waals surface area (Å²) < 4.78 is 102.